The van der Waals surface area contributed by atoms with Crippen LogP contribution in [0.5, 0.6) is 0 Å². The number of benzene rings is 4. The number of carbonyl (C=O) groups excluding carboxylic acids is 2. The minimum absolute atomic E-state index is 0.0598. The molecule has 0 saturated carbocycles. The lowest BCUT2D eigenvalue weighted by molar-refractivity contribution is -0.139. The van der Waals surface area contributed by atoms with E-state index in [0.29, 0.717) is 69.6 Å². The van der Waals surface area contributed by atoms with Gasteiger partial charge < -0.3 is 45.6 Å². The third-order valence-corrected chi connectivity index (χ3v) is 12.8. The van der Waals surface area contributed by atoms with E-state index in [1.165, 1.54) is 36.2 Å². The molecule has 0 bridgehead atoms. The molecule has 1 unspecified atom stereocenters. The highest BCUT2D eigenvalue weighted by Crippen LogP contribution is 2.21. The number of aromatic amines is 1. The molecule has 2 amide bonds. The number of aliphatic carboxylic acids is 1. The number of aromatic nitrogens is 5. The number of hydrogen-bond acceptors (Lipinski definition) is 16. The smallest absolute Gasteiger partial charge is 0.322 e. The molecule has 22 nitrogen and oxygen atoms in total. The molecule has 0 radical (unpaired) electrons. The Morgan fingerprint density at radius 2 is 1.43 bits per heavy atom. The number of carbonyl (C=O) groups is 3. The van der Waals surface area contributed by atoms with Crippen LogP contribution >= 0.6 is 0 Å². The minimum Gasteiger partial charge on any atom is -0.480 e. The van der Waals surface area contributed by atoms with Gasteiger partial charge in [-0.2, -0.15) is 18.6 Å². The number of anilines is 2. The van der Waals surface area contributed by atoms with Crippen LogP contribution < -0.4 is 32.0 Å². The largest absolute Gasteiger partial charge is 0.480 e. The van der Waals surface area contributed by atoms with Crippen LogP contribution in [0.15, 0.2) is 138 Å². The van der Waals surface area contributed by atoms with Crippen molar-refractivity contribution >= 4 is 56.8 Å². The highest BCUT2D eigenvalue weighted by molar-refractivity contribution is 7.86. The van der Waals surface area contributed by atoms with Crippen LogP contribution in [-0.2, 0) is 48.8 Å². The Kier molecular flexibility index (Phi) is 25.0. The number of fused-ring (bicyclic) bond motifs is 1. The van der Waals surface area contributed by atoms with Gasteiger partial charge in [0.1, 0.15) is 16.8 Å². The minimum atomic E-state index is -4.34. The number of aryl methyl sites for hydroxylation is 1. The number of ether oxygens (including phenoxy) is 3. The van der Waals surface area contributed by atoms with E-state index in [2.05, 4.69) is 81.4 Å². The molecule has 4 aromatic carbocycles. The number of nitrogens with one attached hydrogen (secondary N) is 7. The highest BCUT2D eigenvalue weighted by Gasteiger charge is 2.19. The third-order valence-electron chi connectivity index (χ3n) is 11.9. The quantitative estimate of drug-likeness (QED) is 0.00935. The molecule has 1 atom stereocenters. The summed E-state index contributed by atoms with van der Waals surface area (Å²) in [6, 6.07) is 30.0. The Hall–Kier alpha value is -7.90. The van der Waals surface area contributed by atoms with Crippen LogP contribution in [-0.4, -0.2) is 139 Å². The normalized spacial score (nSPS) is 11.7. The van der Waals surface area contributed by atoms with E-state index in [0.717, 1.165) is 79.0 Å². The molecule has 420 valence electrons. The van der Waals surface area contributed by atoms with Crippen molar-refractivity contribution in [2.45, 2.75) is 63.7 Å². The van der Waals surface area contributed by atoms with Gasteiger partial charge in [-0.15, -0.1) is 0 Å². The molecular weight excluding hydrogens is 1030 g/mol. The molecule has 3 heterocycles. The summed E-state index contributed by atoms with van der Waals surface area (Å²) in [6.07, 6.45) is 10.4. The van der Waals surface area contributed by atoms with Crippen molar-refractivity contribution in [1.29, 1.82) is 0 Å². The van der Waals surface area contributed by atoms with Crippen molar-refractivity contribution in [2.75, 3.05) is 76.6 Å². The number of carboxylic acid groups (broad SMARTS) is 1. The first kappa shape index (κ1) is 60.3. The SMILES string of the molecule is CCOCCCNC(=O)c1ccc(N/N=C/c2ccccc2S(=O)(=O)O)nc1.CCOCCOCCCNCc1ccc(-c2ccc(CNC(CNC(=O)c3ccc4c(cnn4CCCNc4ncc[nH]4)c3)C(=O)O)cc2)cc1. The fraction of sp³-hybridized carbons (Fsp3) is 0.339. The van der Waals surface area contributed by atoms with Crippen molar-refractivity contribution in [3.8, 4) is 11.1 Å². The maximum atomic E-state index is 13.0. The molecule has 7 aromatic rings. The van der Waals surface area contributed by atoms with Crippen LogP contribution in [0.3, 0.4) is 0 Å². The molecule has 79 heavy (non-hydrogen) atoms. The van der Waals surface area contributed by atoms with E-state index < -0.39 is 22.1 Å². The van der Waals surface area contributed by atoms with Crippen molar-refractivity contribution < 1.29 is 46.7 Å². The van der Waals surface area contributed by atoms with E-state index >= 15 is 0 Å². The zero-order valence-electron chi connectivity index (χ0n) is 44.4. The Bertz CT molecular complexity index is 3090. The zero-order chi connectivity index (χ0) is 56.1. The van der Waals surface area contributed by atoms with Gasteiger partial charge in [-0.25, -0.2) is 9.97 Å². The average molecular weight is 1100 g/mol. The molecule has 0 aliphatic heterocycles. The summed E-state index contributed by atoms with van der Waals surface area (Å²) >= 11 is 0. The molecule has 0 aliphatic rings. The van der Waals surface area contributed by atoms with Crippen LogP contribution in [0.1, 0.15) is 70.5 Å². The number of imidazole rings is 1. The first-order valence-electron chi connectivity index (χ1n) is 26.1. The predicted octanol–water partition coefficient (Wildman–Crippen LogP) is 6.36. The highest BCUT2D eigenvalue weighted by atomic mass is 32.2. The van der Waals surface area contributed by atoms with Gasteiger partial charge in [0.25, 0.3) is 21.9 Å². The third kappa shape index (κ3) is 20.8. The number of H-pyrrole nitrogens is 1. The first-order valence-corrected chi connectivity index (χ1v) is 27.5. The maximum Gasteiger partial charge on any atom is 0.322 e. The van der Waals surface area contributed by atoms with Crippen molar-refractivity contribution in [2.24, 2.45) is 5.10 Å². The number of carboxylic acids is 1. The summed E-state index contributed by atoms with van der Waals surface area (Å²) in [5.41, 5.74) is 8.97. The number of hydrogen-bond donors (Lipinski definition) is 9. The lowest BCUT2D eigenvalue weighted by Crippen LogP contribution is -2.45. The molecule has 0 saturated heterocycles. The second kappa shape index (κ2) is 32.7. The van der Waals surface area contributed by atoms with Crippen LogP contribution in [0.4, 0.5) is 11.8 Å². The van der Waals surface area contributed by atoms with E-state index in [9.17, 15) is 32.5 Å². The monoisotopic (exact) mass is 1100 g/mol. The lowest BCUT2D eigenvalue weighted by atomic mass is 10.0. The number of hydrazone groups is 1. The fourth-order valence-corrected chi connectivity index (χ4v) is 8.39. The van der Waals surface area contributed by atoms with Gasteiger partial charge in [0, 0.05) is 101 Å². The van der Waals surface area contributed by atoms with Gasteiger partial charge in [0.2, 0.25) is 0 Å². The Balaban J connectivity index is 0.000000304. The van der Waals surface area contributed by atoms with Gasteiger partial charge >= 0.3 is 5.97 Å². The molecular formula is C56H70N12O10S. The number of rotatable bonds is 33. The van der Waals surface area contributed by atoms with Crippen LogP contribution in [0.25, 0.3) is 22.0 Å². The summed E-state index contributed by atoms with van der Waals surface area (Å²) < 4.78 is 49.8. The maximum absolute atomic E-state index is 13.0. The van der Waals surface area contributed by atoms with Gasteiger partial charge in [0.05, 0.1) is 36.7 Å². The number of nitrogens with zero attached hydrogens (tertiary/aromatic N) is 5. The molecule has 7 rings (SSSR count). The van der Waals surface area contributed by atoms with Crippen molar-refractivity contribution in [3.63, 3.8) is 0 Å². The molecule has 9 N–H and O–H groups in total. The summed E-state index contributed by atoms with van der Waals surface area (Å²) in [5, 5.41) is 34.3. The van der Waals surface area contributed by atoms with Gasteiger partial charge in [-0.1, -0.05) is 66.7 Å². The number of amides is 2. The van der Waals surface area contributed by atoms with Gasteiger partial charge in [0.15, 0.2) is 5.95 Å². The van der Waals surface area contributed by atoms with E-state index in [1.54, 1.807) is 48.9 Å². The molecule has 23 heteroatoms. The van der Waals surface area contributed by atoms with E-state index in [1.807, 2.05) is 48.9 Å². The summed E-state index contributed by atoms with van der Waals surface area (Å²) in [5.74, 6) is -0.513. The molecule has 0 aliphatic carbocycles. The predicted molar refractivity (Wildman–Crippen MR) is 303 cm³/mol. The van der Waals surface area contributed by atoms with Gasteiger partial charge in [-0.3, -0.25) is 34.4 Å². The van der Waals surface area contributed by atoms with Gasteiger partial charge in [-0.05, 0) is 98.3 Å². The second-order valence-corrected chi connectivity index (χ2v) is 19.1. The average Bonchev–Trinajstić information content (AvgIpc) is 4.18. The number of pyridine rings is 1. The summed E-state index contributed by atoms with van der Waals surface area (Å²) in [6.45, 7) is 11.8. The molecule has 0 fully saturated rings. The first-order chi connectivity index (χ1) is 38.4. The van der Waals surface area contributed by atoms with E-state index in [4.69, 9.17) is 14.2 Å². The van der Waals surface area contributed by atoms with Crippen LogP contribution in [0, 0.1) is 0 Å². The molecule has 0 spiro atoms. The standard InChI is InChI=1S/C38H48N8O5.C18H22N4O5S/c1-2-50-21-22-51-20-4-15-39-24-28-5-9-30(10-6-28)31-11-7-29(8-12-31)25-43-34(37(48)49)27-44-36(47)32-13-14-35-33(23-32)26-45-46(35)19-3-16-40-38-41-17-18-42-38;1-2-27-11-5-10-19-18(23)15-8-9-17(20-12-15)22-21-13-14-6-3-4-7-16(14)28(24,25)26/h5-14,17-18,23,26,34,39,43H,2-4,15-16,19-22,24-25,27H2,1H3,(H,44,47)(H,48,49)(H2,40,41,42);3-4,6-9,12-13H,2,5,10-11H2,1H3,(H,19,23)(H,20,22)(H,24,25,26)/b;21-13+. The second-order valence-electron chi connectivity index (χ2n) is 17.7. The Morgan fingerprint density at radius 1 is 0.747 bits per heavy atom. The molecule has 3 aromatic heterocycles. The summed E-state index contributed by atoms with van der Waals surface area (Å²) in [4.78, 5) is 47.9. The fourth-order valence-electron chi connectivity index (χ4n) is 7.72. The Morgan fingerprint density at radius 3 is 2.13 bits per heavy atom. The zero-order valence-corrected chi connectivity index (χ0v) is 45.2. The van der Waals surface area contributed by atoms with Crippen molar-refractivity contribution in [3.05, 3.63) is 156 Å². The Labute approximate surface area is 459 Å². The lowest BCUT2D eigenvalue weighted by Gasteiger charge is -2.16. The van der Waals surface area contributed by atoms with Crippen molar-refractivity contribution in [1.82, 2.24) is 46.0 Å². The summed E-state index contributed by atoms with van der Waals surface area (Å²) in [7, 11) is -4.34. The van der Waals surface area contributed by atoms with Crippen LogP contribution in [0.2, 0.25) is 0 Å². The van der Waals surface area contributed by atoms with E-state index in [-0.39, 0.29) is 28.8 Å². The topological polar surface area (TPSA) is 297 Å².